The number of esters is 2. The maximum Gasteiger partial charge on any atom is 0.336 e. The van der Waals surface area contributed by atoms with E-state index in [1.165, 1.54) is 18.2 Å². The minimum absolute atomic E-state index is 0.139. The maximum atomic E-state index is 12.8. The molecule has 1 aliphatic rings. The van der Waals surface area contributed by atoms with E-state index >= 15 is 0 Å². The summed E-state index contributed by atoms with van der Waals surface area (Å²) in [6, 6.07) is 7.34. The van der Waals surface area contributed by atoms with Crippen LogP contribution in [0, 0.1) is 10.1 Å². The Labute approximate surface area is 195 Å². The van der Waals surface area contributed by atoms with E-state index in [2.05, 4.69) is 5.32 Å². The van der Waals surface area contributed by atoms with Gasteiger partial charge in [0.2, 0.25) is 0 Å². The Balaban J connectivity index is 2.17. The molecule has 0 fully saturated rings. The van der Waals surface area contributed by atoms with Crippen molar-refractivity contribution in [2.24, 2.45) is 0 Å². The third-order valence-electron chi connectivity index (χ3n) is 5.08. The number of rotatable bonds is 7. The van der Waals surface area contributed by atoms with Crippen molar-refractivity contribution in [2.45, 2.75) is 33.6 Å². The van der Waals surface area contributed by atoms with Crippen molar-refractivity contribution < 1.29 is 28.4 Å². The zero-order valence-electron chi connectivity index (χ0n) is 18.6. The number of benzene rings is 1. The summed E-state index contributed by atoms with van der Waals surface area (Å²) in [5.74, 6) is -1.73. The zero-order valence-corrected chi connectivity index (χ0v) is 19.3. The van der Waals surface area contributed by atoms with Gasteiger partial charge in [-0.15, -0.1) is 0 Å². The highest BCUT2D eigenvalue weighted by Gasteiger charge is 2.40. The molecule has 0 amide bonds. The van der Waals surface area contributed by atoms with Crippen LogP contribution in [-0.2, 0) is 19.1 Å². The smallest absolute Gasteiger partial charge is 0.336 e. The number of hydrogen-bond acceptors (Lipinski definition) is 8. The topological polar surface area (TPSA) is 121 Å². The number of nitrogens with one attached hydrogen (secondary N) is 1. The van der Waals surface area contributed by atoms with Crippen LogP contribution in [0.4, 0.5) is 5.69 Å². The fourth-order valence-electron chi connectivity index (χ4n) is 3.75. The van der Waals surface area contributed by atoms with Crippen LogP contribution in [0.25, 0.3) is 11.3 Å². The molecule has 10 heteroatoms. The molecule has 33 heavy (non-hydrogen) atoms. The largest absolute Gasteiger partial charge is 0.463 e. The van der Waals surface area contributed by atoms with Crippen LogP contribution in [-0.4, -0.2) is 30.1 Å². The van der Waals surface area contributed by atoms with Gasteiger partial charge >= 0.3 is 11.9 Å². The quantitative estimate of drug-likeness (QED) is 0.342. The van der Waals surface area contributed by atoms with Crippen LogP contribution in [0.3, 0.4) is 0 Å². The van der Waals surface area contributed by atoms with Crippen molar-refractivity contribution in [3.63, 3.8) is 0 Å². The molecule has 0 aliphatic carbocycles. The molecule has 0 radical (unpaired) electrons. The second-order valence-electron chi connectivity index (χ2n) is 7.20. The fraction of sp³-hybridized carbons (Fsp3) is 0.304. The Hall–Kier alpha value is -3.59. The Morgan fingerprint density at radius 1 is 1.06 bits per heavy atom. The van der Waals surface area contributed by atoms with Gasteiger partial charge in [-0.3, -0.25) is 10.1 Å². The van der Waals surface area contributed by atoms with Gasteiger partial charge in [-0.25, -0.2) is 9.59 Å². The molecule has 0 saturated carbocycles. The van der Waals surface area contributed by atoms with E-state index in [4.69, 9.17) is 25.5 Å². The second-order valence-corrected chi connectivity index (χ2v) is 7.63. The molecule has 2 aromatic rings. The van der Waals surface area contributed by atoms with Crippen LogP contribution in [0.2, 0.25) is 5.02 Å². The van der Waals surface area contributed by atoms with Crippen LogP contribution < -0.4 is 5.32 Å². The van der Waals surface area contributed by atoms with E-state index in [0.717, 1.165) is 0 Å². The SMILES string of the molecule is CCOC(=O)C1=C(C)NC(C)=C(C(=O)OCC)C1c1ccc(-c2ccc(Cl)cc2[N+](=O)[O-])o1. The highest BCUT2D eigenvalue weighted by molar-refractivity contribution is 6.30. The van der Waals surface area contributed by atoms with Gasteiger partial charge in [0.05, 0.1) is 40.8 Å². The lowest BCUT2D eigenvalue weighted by molar-refractivity contribution is -0.384. The van der Waals surface area contributed by atoms with E-state index in [9.17, 15) is 19.7 Å². The number of hydrogen-bond donors (Lipinski definition) is 1. The molecule has 0 atom stereocenters. The van der Waals surface area contributed by atoms with Crippen molar-refractivity contribution in [3.8, 4) is 11.3 Å². The second kappa shape index (κ2) is 9.91. The van der Waals surface area contributed by atoms with Crippen LogP contribution in [0.1, 0.15) is 39.4 Å². The molecule has 0 spiro atoms. The van der Waals surface area contributed by atoms with Gasteiger partial charge in [0.25, 0.3) is 5.69 Å². The lowest BCUT2D eigenvalue weighted by atomic mass is 9.83. The normalized spacial score (nSPS) is 14.2. The van der Waals surface area contributed by atoms with Gasteiger partial charge in [-0.1, -0.05) is 11.6 Å². The first-order valence-corrected chi connectivity index (χ1v) is 10.6. The summed E-state index contributed by atoms with van der Waals surface area (Å²) >= 11 is 5.92. The summed E-state index contributed by atoms with van der Waals surface area (Å²) in [7, 11) is 0. The first-order valence-electron chi connectivity index (χ1n) is 10.3. The minimum atomic E-state index is -0.926. The molecule has 1 aromatic carbocycles. The number of halogens is 1. The summed E-state index contributed by atoms with van der Waals surface area (Å²) < 4.78 is 16.4. The number of nitro groups is 1. The maximum absolute atomic E-state index is 12.8. The lowest BCUT2D eigenvalue weighted by Crippen LogP contribution is -2.32. The average molecular weight is 475 g/mol. The van der Waals surface area contributed by atoms with Crippen LogP contribution >= 0.6 is 11.6 Å². The third kappa shape index (κ3) is 4.78. The van der Waals surface area contributed by atoms with E-state index in [0.29, 0.717) is 11.4 Å². The Morgan fingerprint density at radius 3 is 2.15 bits per heavy atom. The molecule has 0 saturated heterocycles. The molecule has 1 aliphatic heterocycles. The van der Waals surface area contributed by atoms with Gasteiger partial charge in [-0.05, 0) is 52.0 Å². The highest BCUT2D eigenvalue weighted by atomic mass is 35.5. The molecule has 9 nitrogen and oxygen atoms in total. The van der Waals surface area contributed by atoms with Crippen molar-refractivity contribution in [3.05, 3.63) is 73.8 Å². The number of carbonyl (C=O) groups is 2. The van der Waals surface area contributed by atoms with Crippen molar-refractivity contribution >= 4 is 29.2 Å². The van der Waals surface area contributed by atoms with E-state index in [-0.39, 0.29) is 52.2 Å². The van der Waals surface area contributed by atoms with Gasteiger partial charge < -0.3 is 19.2 Å². The van der Waals surface area contributed by atoms with Gasteiger partial charge in [0, 0.05) is 22.5 Å². The number of nitrogens with zero attached hydrogens (tertiary/aromatic N) is 1. The number of ether oxygens (including phenoxy) is 2. The third-order valence-corrected chi connectivity index (χ3v) is 5.32. The first kappa shape index (κ1) is 24.1. The number of allylic oxidation sites excluding steroid dienone is 2. The number of dihydropyridines is 1. The average Bonchev–Trinajstić information content (AvgIpc) is 3.23. The van der Waals surface area contributed by atoms with Crippen molar-refractivity contribution in [1.82, 2.24) is 5.32 Å². The van der Waals surface area contributed by atoms with E-state index < -0.39 is 22.8 Å². The highest BCUT2D eigenvalue weighted by Crippen LogP contribution is 2.42. The Kier molecular flexibility index (Phi) is 7.23. The summed E-state index contributed by atoms with van der Waals surface area (Å²) in [6.07, 6.45) is 0. The van der Waals surface area contributed by atoms with Crippen molar-refractivity contribution in [2.75, 3.05) is 13.2 Å². The Bertz CT molecular complexity index is 1140. The molecule has 1 N–H and O–H groups in total. The van der Waals surface area contributed by atoms with E-state index in [1.54, 1.807) is 39.8 Å². The molecular formula is C23H23ClN2O7. The summed E-state index contributed by atoms with van der Waals surface area (Å²) in [5.41, 5.74) is 1.36. The summed E-state index contributed by atoms with van der Waals surface area (Å²) in [4.78, 5) is 36.7. The molecule has 1 aromatic heterocycles. The molecule has 174 valence electrons. The Morgan fingerprint density at radius 2 is 1.64 bits per heavy atom. The number of nitro benzene ring substituents is 1. The monoisotopic (exact) mass is 474 g/mol. The predicted molar refractivity (Wildman–Crippen MR) is 120 cm³/mol. The number of furan rings is 1. The molecule has 3 rings (SSSR count). The minimum Gasteiger partial charge on any atom is -0.463 e. The molecule has 2 heterocycles. The van der Waals surface area contributed by atoms with Gasteiger partial charge in [0.1, 0.15) is 11.5 Å². The van der Waals surface area contributed by atoms with Crippen LogP contribution in [0.15, 0.2) is 57.3 Å². The summed E-state index contributed by atoms with van der Waals surface area (Å²) in [5, 5.41) is 14.8. The standard InChI is InChI=1S/C23H23ClN2O7/c1-5-31-22(27)19-12(3)25-13(4)20(23(28)32-6-2)21(19)18-10-9-17(33-18)15-8-7-14(24)11-16(15)26(29)30/h7-11,21,25H,5-6H2,1-4H3. The lowest BCUT2D eigenvalue weighted by Gasteiger charge is -2.28. The van der Waals surface area contributed by atoms with E-state index in [1.807, 2.05) is 0 Å². The fourth-order valence-corrected chi connectivity index (χ4v) is 3.92. The van der Waals surface area contributed by atoms with Crippen molar-refractivity contribution in [1.29, 1.82) is 0 Å². The van der Waals surface area contributed by atoms with Crippen LogP contribution in [0.5, 0.6) is 0 Å². The first-order chi connectivity index (χ1) is 15.7. The predicted octanol–water partition coefficient (Wildman–Crippen LogP) is 4.87. The number of carbonyl (C=O) groups excluding carboxylic acids is 2. The molecular weight excluding hydrogens is 452 g/mol. The molecule has 0 bridgehead atoms. The summed E-state index contributed by atoms with van der Waals surface area (Å²) in [6.45, 7) is 7.02. The van der Waals surface area contributed by atoms with Gasteiger partial charge in [0.15, 0.2) is 0 Å². The van der Waals surface area contributed by atoms with Gasteiger partial charge in [-0.2, -0.15) is 0 Å². The molecule has 0 unspecified atom stereocenters. The zero-order chi connectivity index (χ0) is 24.3.